The second-order valence-corrected chi connectivity index (χ2v) is 6.54. The minimum absolute atomic E-state index is 0.0420. The molecule has 3 nitrogen and oxygen atoms in total. The van der Waals surface area contributed by atoms with Crippen molar-refractivity contribution in [2.75, 3.05) is 0 Å². The molecule has 0 N–H and O–H groups in total. The summed E-state index contributed by atoms with van der Waals surface area (Å²) < 4.78 is 4.99. The van der Waals surface area contributed by atoms with Crippen molar-refractivity contribution in [2.45, 2.75) is 20.3 Å². The Kier molecular flexibility index (Phi) is 3.32. The normalized spacial score (nSPS) is 37.4. The van der Waals surface area contributed by atoms with Gasteiger partial charge in [0.15, 0.2) is 0 Å². The number of hydrogen-bond donors (Lipinski definition) is 0. The third-order valence-corrected chi connectivity index (χ3v) is 5.71. The highest BCUT2D eigenvalue weighted by atomic mass is 16.6. The number of rotatable bonds is 3. The smallest absolute Gasteiger partial charge is 0.321 e. The maximum absolute atomic E-state index is 12.4. The molecule has 114 valence electrons. The summed E-state index contributed by atoms with van der Waals surface area (Å²) in [5.74, 6) is -0.922. The Morgan fingerprint density at radius 1 is 1.09 bits per heavy atom. The van der Waals surface area contributed by atoms with Crippen LogP contribution >= 0.6 is 0 Å². The van der Waals surface area contributed by atoms with Crippen molar-refractivity contribution < 1.29 is 14.3 Å². The number of carbonyl (C=O) groups excluding carboxylic acids is 2. The minimum atomic E-state index is -0.825. The fourth-order valence-corrected chi connectivity index (χ4v) is 3.93. The fraction of sp³-hybridized carbons (Fsp3) is 0.368. The molecular formula is C19H20O3. The number of ether oxygens (including phenoxy) is 1. The Labute approximate surface area is 130 Å². The molecule has 3 heteroatoms. The number of cyclic esters (lactones) is 2. The zero-order valence-electron chi connectivity index (χ0n) is 12.9. The molecule has 4 atom stereocenters. The lowest BCUT2D eigenvalue weighted by Gasteiger charge is -2.32. The van der Waals surface area contributed by atoms with Crippen molar-refractivity contribution in [2.24, 2.45) is 22.7 Å². The molecule has 1 aromatic carbocycles. The maximum atomic E-state index is 12.4. The van der Waals surface area contributed by atoms with Crippen LogP contribution in [0.4, 0.5) is 0 Å². The summed E-state index contributed by atoms with van der Waals surface area (Å²) in [5.41, 5.74) is -0.571. The predicted octanol–water partition coefficient (Wildman–Crippen LogP) is 3.62. The molecule has 2 fully saturated rings. The number of allylic oxidation sites excluding steroid dienone is 2. The standard InChI is InChI=1S/C19H20O3/c1-4-14-12-15(11-10-13-8-6-5-7-9-13)19(3)17(21)22-16(20)18(14,19)2/h4-11,14-15H,1,12H2,2-3H3/b11-10+/t14-,15+,18+,19-/m1/s1. The van der Waals surface area contributed by atoms with Crippen molar-refractivity contribution in [3.05, 3.63) is 54.6 Å². The summed E-state index contributed by atoms with van der Waals surface area (Å²) in [5, 5.41) is 0. The summed E-state index contributed by atoms with van der Waals surface area (Å²) >= 11 is 0. The zero-order valence-corrected chi connectivity index (χ0v) is 12.9. The highest BCUT2D eigenvalue weighted by molar-refractivity contribution is 6.02. The molecule has 0 unspecified atom stereocenters. The molecule has 2 aliphatic rings. The Morgan fingerprint density at radius 2 is 1.68 bits per heavy atom. The number of esters is 2. The van der Waals surface area contributed by atoms with Crippen LogP contribution in [0.15, 0.2) is 49.1 Å². The van der Waals surface area contributed by atoms with Crippen LogP contribution in [0, 0.1) is 22.7 Å². The van der Waals surface area contributed by atoms with Gasteiger partial charge in [0, 0.05) is 0 Å². The van der Waals surface area contributed by atoms with Crippen LogP contribution in [0.2, 0.25) is 0 Å². The summed E-state index contributed by atoms with van der Waals surface area (Å²) in [4.78, 5) is 24.6. The van der Waals surface area contributed by atoms with Crippen molar-refractivity contribution in [3.63, 3.8) is 0 Å². The van der Waals surface area contributed by atoms with E-state index in [1.54, 1.807) is 6.08 Å². The van der Waals surface area contributed by atoms with Crippen LogP contribution in [-0.2, 0) is 14.3 Å². The quantitative estimate of drug-likeness (QED) is 0.486. The summed E-state index contributed by atoms with van der Waals surface area (Å²) in [7, 11) is 0. The van der Waals surface area contributed by atoms with Crippen LogP contribution < -0.4 is 0 Å². The summed E-state index contributed by atoms with van der Waals surface area (Å²) in [6, 6.07) is 9.93. The van der Waals surface area contributed by atoms with Crippen LogP contribution in [0.25, 0.3) is 6.08 Å². The van der Waals surface area contributed by atoms with E-state index in [-0.39, 0.29) is 11.8 Å². The molecule has 1 aromatic rings. The Hall–Kier alpha value is -2.16. The first-order valence-electron chi connectivity index (χ1n) is 7.57. The van der Waals surface area contributed by atoms with Crippen LogP contribution in [0.5, 0.6) is 0 Å². The Bertz CT molecular complexity index is 661. The molecule has 0 radical (unpaired) electrons. The van der Waals surface area contributed by atoms with Gasteiger partial charge in [-0.05, 0) is 37.7 Å². The first-order chi connectivity index (χ1) is 10.4. The maximum Gasteiger partial charge on any atom is 0.321 e. The molecule has 0 spiro atoms. The topological polar surface area (TPSA) is 43.4 Å². The third kappa shape index (κ3) is 1.75. The lowest BCUT2D eigenvalue weighted by molar-refractivity contribution is -0.157. The monoisotopic (exact) mass is 296 g/mol. The highest BCUT2D eigenvalue weighted by Gasteiger charge is 2.72. The average molecular weight is 296 g/mol. The second kappa shape index (κ2) is 4.94. The largest absolute Gasteiger partial charge is 0.392 e. The van der Waals surface area contributed by atoms with Gasteiger partial charge in [0.05, 0.1) is 10.8 Å². The zero-order chi connectivity index (χ0) is 16.0. The molecule has 3 rings (SSSR count). The van der Waals surface area contributed by atoms with E-state index in [1.807, 2.05) is 56.3 Å². The average Bonchev–Trinajstić information content (AvgIpc) is 2.85. The molecule has 0 aromatic heterocycles. The van der Waals surface area contributed by atoms with Crippen molar-refractivity contribution in [1.29, 1.82) is 0 Å². The van der Waals surface area contributed by atoms with Gasteiger partial charge in [-0.2, -0.15) is 0 Å². The molecule has 1 aliphatic heterocycles. The molecule has 0 bridgehead atoms. The van der Waals surface area contributed by atoms with Gasteiger partial charge in [-0.15, -0.1) is 6.58 Å². The Morgan fingerprint density at radius 3 is 2.27 bits per heavy atom. The minimum Gasteiger partial charge on any atom is -0.392 e. The van der Waals surface area contributed by atoms with Gasteiger partial charge in [-0.1, -0.05) is 48.6 Å². The van der Waals surface area contributed by atoms with Crippen molar-refractivity contribution in [1.82, 2.24) is 0 Å². The molecular weight excluding hydrogens is 276 g/mol. The summed E-state index contributed by atoms with van der Waals surface area (Å²) in [6.07, 6.45) is 6.57. The van der Waals surface area contributed by atoms with E-state index in [4.69, 9.17) is 4.74 Å². The van der Waals surface area contributed by atoms with E-state index in [0.717, 1.165) is 12.0 Å². The van der Waals surface area contributed by atoms with E-state index < -0.39 is 22.8 Å². The van der Waals surface area contributed by atoms with Crippen LogP contribution in [-0.4, -0.2) is 11.9 Å². The van der Waals surface area contributed by atoms with Crippen LogP contribution in [0.1, 0.15) is 25.8 Å². The predicted molar refractivity (Wildman–Crippen MR) is 84.6 cm³/mol. The molecule has 1 aliphatic carbocycles. The summed E-state index contributed by atoms with van der Waals surface area (Å²) in [6.45, 7) is 7.54. The van der Waals surface area contributed by atoms with E-state index in [9.17, 15) is 9.59 Å². The first kappa shape index (κ1) is 14.8. The lowest BCUT2D eigenvalue weighted by atomic mass is 9.63. The van der Waals surface area contributed by atoms with E-state index in [1.165, 1.54) is 0 Å². The van der Waals surface area contributed by atoms with Crippen molar-refractivity contribution in [3.8, 4) is 0 Å². The first-order valence-corrected chi connectivity index (χ1v) is 7.57. The number of fused-ring (bicyclic) bond motifs is 1. The number of benzene rings is 1. The second-order valence-electron chi connectivity index (χ2n) is 6.54. The molecule has 22 heavy (non-hydrogen) atoms. The van der Waals surface area contributed by atoms with E-state index in [0.29, 0.717) is 0 Å². The van der Waals surface area contributed by atoms with E-state index >= 15 is 0 Å². The lowest BCUT2D eigenvalue weighted by Crippen LogP contribution is -2.41. The van der Waals surface area contributed by atoms with Gasteiger partial charge >= 0.3 is 11.9 Å². The highest BCUT2D eigenvalue weighted by Crippen LogP contribution is 2.64. The number of carbonyl (C=O) groups is 2. The molecule has 1 saturated heterocycles. The van der Waals surface area contributed by atoms with Gasteiger partial charge in [0.1, 0.15) is 0 Å². The SMILES string of the molecule is C=C[C@@H]1C[C@H](/C=C/c2ccccc2)[C@]2(C)C(=O)OC(=O)[C@]12C. The fourth-order valence-electron chi connectivity index (χ4n) is 3.93. The van der Waals surface area contributed by atoms with Crippen LogP contribution in [0.3, 0.4) is 0 Å². The van der Waals surface area contributed by atoms with Gasteiger partial charge in [-0.25, -0.2) is 0 Å². The van der Waals surface area contributed by atoms with Gasteiger partial charge in [0.25, 0.3) is 0 Å². The number of hydrogen-bond acceptors (Lipinski definition) is 3. The van der Waals surface area contributed by atoms with Gasteiger partial charge in [-0.3, -0.25) is 9.59 Å². The van der Waals surface area contributed by atoms with Crippen molar-refractivity contribution >= 4 is 18.0 Å². The molecule has 1 heterocycles. The van der Waals surface area contributed by atoms with Gasteiger partial charge < -0.3 is 4.74 Å². The van der Waals surface area contributed by atoms with E-state index in [2.05, 4.69) is 6.58 Å². The molecule has 0 amide bonds. The van der Waals surface area contributed by atoms with Gasteiger partial charge in [0.2, 0.25) is 0 Å². The third-order valence-electron chi connectivity index (χ3n) is 5.71. The molecule has 1 saturated carbocycles. The Balaban J connectivity index is 2.00.